The number of hydrogen-bond donors (Lipinski definition) is 0. The summed E-state index contributed by atoms with van der Waals surface area (Å²) >= 11 is 0. The third-order valence-corrected chi connectivity index (χ3v) is 4.47. The lowest BCUT2D eigenvalue weighted by Crippen LogP contribution is -2.48. The zero-order chi connectivity index (χ0) is 11.8. The highest BCUT2D eigenvalue weighted by Crippen LogP contribution is 2.59. The van der Waals surface area contributed by atoms with Crippen LogP contribution in [0.15, 0.2) is 23.8 Å². The van der Waals surface area contributed by atoms with Gasteiger partial charge in [0, 0.05) is 0 Å². The Morgan fingerprint density at radius 2 is 2.31 bits per heavy atom. The first kappa shape index (κ1) is 11.9. The molecule has 0 N–H and O–H groups in total. The minimum absolute atomic E-state index is 0.554. The van der Waals surface area contributed by atoms with Gasteiger partial charge in [-0.3, -0.25) is 0 Å². The van der Waals surface area contributed by atoms with Crippen molar-refractivity contribution in [2.24, 2.45) is 17.3 Å². The second-order valence-electron chi connectivity index (χ2n) is 6.08. The minimum Gasteiger partial charge on any atom is -0.377 e. The van der Waals surface area contributed by atoms with Gasteiger partial charge in [0.25, 0.3) is 0 Å². The van der Waals surface area contributed by atoms with Crippen LogP contribution in [0.25, 0.3) is 0 Å². The summed E-state index contributed by atoms with van der Waals surface area (Å²) in [5.41, 5.74) is 3.31. The molecular weight excluding hydrogens is 196 g/mol. The Bertz CT molecular complexity index is 311. The highest BCUT2D eigenvalue weighted by Gasteiger charge is 2.50. The molecule has 1 nitrogen and oxygen atoms in total. The molecule has 0 amide bonds. The minimum atomic E-state index is 0.554. The van der Waals surface area contributed by atoms with E-state index >= 15 is 0 Å². The van der Waals surface area contributed by atoms with Gasteiger partial charge in [-0.05, 0) is 43.4 Å². The molecule has 0 spiro atoms. The van der Waals surface area contributed by atoms with Gasteiger partial charge in [0.2, 0.25) is 0 Å². The van der Waals surface area contributed by atoms with Crippen molar-refractivity contribution in [1.82, 2.24) is 0 Å². The molecule has 1 heteroatoms. The standard InChI is InChI=1S/C15H24O/c1-11(2)10-16-8-7-12-5-6-13-9-14(12)15(13,3)4/h5,13-14H,1,6-10H2,2-4H3. The maximum atomic E-state index is 5.59. The Labute approximate surface area is 99.6 Å². The first-order chi connectivity index (χ1) is 7.51. The summed E-state index contributed by atoms with van der Waals surface area (Å²) in [6, 6.07) is 0. The molecule has 0 aromatic rings. The summed E-state index contributed by atoms with van der Waals surface area (Å²) in [5.74, 6) is 1.78. The van der Waals surface area contributed by atoms with Gasteiger partial charge < -0.3 is 4.74 Å². The van der Waals surface area contributed by atoms with Crippen molar-refractivity contribution in [1.29, 1.82) is 0 Å². The van der Waals surface area contributed by atoms with E-state index in [0.717, 1.165) is 30.4 Å². The lowest BCUT2D eigenvalue weighted by atomic mass is 9.48. The van der Waals surface area contributed by atoms with Crippen LogP contribution in [0.3, 0.4) is 0 Å². The fourth-order valence-electron chi connectivity index (χ4n) is 3.19. The van der Waals surface area contributed by atoms with Crippen LogP contribution in [-0.4, -0.2) is 13.2 Å². The zero-order valence-corrected chi connectivity index (χ0v) is 10.9. The Balaban J connectivity index is 1.78. The van der Waals surface area contributed by atoms with Gasteiger partial charge in [-0.1, -0.05) is 37.6 Å². The van der Waals surface area contributed by atoms with Crippen LogP contribution in [0, 0.1) is 17.3 Å². The van der Waals surface area contributed by atoms with E-state index in [-0.39, 0.29) is 0 Å². The Morgan fingerprint density at radius 3 is 2.88 bits per heavy atom. The van der Waals surface area contributed by atoms with Crippen molar-refractivity contribution in [3.63, 3.8) is 0 Å². The van der Waals surface area contributed by atoms with Gasteiger partial charge in [0.15, 0.2) is 0 Å². The summed E-state index contributed by atoms with van der Waals surface area (Å²) in [7, 11) is 0. The van der Waals surface area contributed by atoms with Gasteiger partial charge in [-0.25, -0.2) is 0 Å². The van der Waals surface area contributed by atoms with Crippen molar-refractivity contribution >= 4 is 0 Å². The SMILES string of the molecule is C=C(C)COCCC1=CCC2CC1C2(C)C. The third-order valence-electron chi connectivity index (χ3n) is 4.47. The van der Waals surface area contributed by atoms with Crippen molar-refractivity contribution < 1.29 is 4.74 Å². The predicted molar refractivity (Wildman–Crippen MR) is 68.3 cm³/mol. The molecule has 90 valence electrons. The number of hydrogen-bond acceptors (Lipinski definition) is 1. The second-order valence-corrected chi connectivity index (χ2v) is 6.08. The molecule has 1 fully saturated rings. The molecule has 16 heavy (non-hydrogen) atoms. The van der Waals surface area contributed by atoms with Crippen LogP contribution >= 0.6 is 0 Å². The van der Waals surface area contributed by atoms with Gasteiger partial charge >= 0.3 is 0 Å². The highest BCUT2D eigenvalue weighted by atomic mass is 16.5. The van der Waals surface area contributed by atoms with Crippen LogP contribution in [0.2, 0.25) is 0 Å². The van der Waals surface area contributed by atoms with Crippen molar-refractivity contribution in [3.05, 3.63) is 23.8 Å². The number of fused-ring (bicyclic) bond motifs is 1. The topological polar surface area (TPSA) is 9.23 Å². The fraction of sp³-hybridized carbons (Fsp3) is 0.733. The lowest BCUT2D eigenvalue weighted by Gasteiger charge is -2.56. The smallest absolute Gasteiger partial charge is 0.0671 e. The Hall–Kier alpha value is -0.560. The Morgan fingerprint density at radius 1 is 1.56 bits per heavy atom. The van der Waals surface area contributed by atoms with Crippen LogP contribution in [0.4, 0.5) is 0 Å². The van der Waals surface area contributed by atoms with Crippen LogP contribution < -0.4 is 0 Å². The summed E-state index contributed by atoms with van der Waals surface area (Å²) in [6.07, 6.45) is 6.29. The van der Waals surface area contributed by atoms with E-state index in [4.69, 9.17) is 4.74 Å². The average molecular weight is 220 g/mol. The van der Waals surface area contributed by atoms with Gasteiger partial charge in [-0.15, -0.1) is 0 Å². The average Bonchev–Trinajstić information content (AvgIpc) is 2.24. The van der Waals surface area contributed by atoms with Crippen molar-refractivity contribution in [2.45, 2.75) is 40.0 Å². The molecule has 1 saturated carbocycles. The number of ether oxygens (including phenoxy) is 1. The molecule has 2 unspecified atom stereocenters. The summed E-state index contributed by atoms with van der Waals surface area (Å²) in [5, 5.41) is 0. The monoisotopic (exact) mass is 220 g/mol. The molecule has 3 aliphatic carbocycles. The molecule has 0 saturated heterocycles. The van der Waals surface area contributed by atoms with Crippen LogP contribution in [-0.2, 0) is 4.74 Å². The van der Waals surface area contributed by atoms with Crippen molar-refractivity contribution in [3.8, 4) is 0 Å². The quantitative estimate of drug-likeness (QED) is 0.503. The summed E-state index contributed by atoms with van der Waals surface area (Å²) < 4.78 is 5.59. The van der Waals surface area contributed by atoms with Crippen LogP contribution in [0.1, 0.15) is 40.0 Å². The normalized spacial score (nSPS) is 30.6. The molecule has 0 aromatic carbocycles. The first-order valence-corrected chi connectivity index (χ1v) is 6.43. The first-order valence-electron chi connectivity index (χ1n) is 6.43. The molecule has 0 heterocycles. The van der Waals surface area contributed by atoms with Gasteiger partial charge in [0.1, 0.15) is 0 Å². The molecule has 0 aromatic heterocycles. The van der Waals surface area contributed by atoms with E-state index in [9.17, 15) is 0 Å². The molecule has 3 aliphatic rings. The molecule has 0 radical (unpaired) electrons. The second kappa shape index (κ2) is 4.37. The largest absolute Gasteiger partial charge is 0.377 e. The van der Waals surface area contributed by atoms with E-state index in [1.807, 2.05) is 6.92 Å². The zero-order valence-electron chi connectivity index (χ0n) is 10.9. The van der Waals surface area contributed by atoms with Gasteiger partial charge in [-0.2, -0.15) is 0 Å². The molecule has 0 aliphatic heterocycles. The molecule has 2 bridgehead atoms. The van der Waals surface area contributed by atoms with E-state index < -0.39 is 0 Å². The molecular formula is C15H24O. The predicted octanol–water partition coefficient (Wildman–Crippen LogP) is 3.96. The van der Waals surface area contributed by atoms with E-state index in [1.54, 1.807) is 5.57 Å². The van der Waals surface area contributed by atoms with Gasteiger partial charge in [0.05, 0.1) is 13.2 Å². The van der Waals surface area contributed by atoms with E-state index in [1.165, 1.54) is 12.8 Å². The molecule has 2 atom stereocenters. The summed E-state index contributed by atoms with van der Waals surface area (Å²) in [6.45, 7) is 12.3. The molecule has 3 rings (SSSR count). The fourth-order valence-corrected chi connectivity index (χ4v) is 3.19. The maximum Gasteiger partial charge on any atom is 0.0671 e. The third kappa shape index (κ3) is 2.10. The maximum absolute atomic E-state index is 5.59. The highest BCUT2D eigenvalue weighted by molar-refractivity contribution is 5.23. The van der Waals surface area contributed by atoms with Crippen molar-refractivity contribution in [2.75, 3.05) is 13.2 Å². The van der Waals surface area contributed by atoms with E-state index in [0.29, 0.717) is 12.0 Å². The summed E-state index contributed by atoms with van der Waals surface area (Å²) in [4.78, 5) is 0. The lowest BCUT2D eigenvalue weighted by molar-refractivity contribution is -0.0106. The van der Waals surface area contributed by atoms with E-state index in [2.05, 4.69) is 26.5 Å². The van der Waals surface area contributed by atoms with Crippen LogP contribution in [0.5, 0.6) is 0 Å². The Kier molecular flexibility index (Phi) is 3.25. The number of rotatable bonds is 5. The number of allylic oxidation sites excluding steroid dienone is 1.